The molecule has 0 spiro atoms. The Morgan fingerprint density at radius 2 is 1.89 bits per heavy atom. The summed E-state index contributed by atoms with van der Waals surface area (Å²) in [5.74, 6) is 0.716. The summed E-state index contributed by atoms with van der Waals surface area (Å²) in [5, 5.41) is 7.37. The van der Waals surface area contributed by atoms with Crippen molar-refractivity contribution in [3.63, 3.8) is 0 Å². The first-order valence-electron chi connectivity index (χ1n) is 11.3. The molecule has 0 saturated carbocycles. The summed E-state index contributed by atoms with van der Waals surface area (Å²) in [5.41, 5.74) is 3.05. The van der Waals surface area contributed by atoms with Crippen LogP contribution in [-0.4, -0.2) is 22.8 Å². The number of rotatable bonds is 9. The van der Waals surface area contributed by atoms with Gasteiger partial charge in [0.1, 0.15) is 28.9 Å². The number of carbonyl (C=O) groups excluding carboxylic acids is 1. The minimum absolute atomic E-state index is 0.0657. The van der Waals surface area contributed by atoms with E-state index in [1.165, 1.54) is 29.1 Å². The number of hydrogen-bond acceptors (Lipinski definition) is 4. The van der Waals surface area contributed by atoms with Gasteiger partial charge in [-0.1, -0.05) is 53.0 Å². The van der Waals surface area contributed by atoms with E-state index in [-0.39, 0.29) is 28.0 Å². The molecule has 1 N–H and O–H groups in total. The van der Waals surface area contributed by atoms with Gasteiger partial charge in [0.2, 0.25) is 5.91 Å². The zero-order chi connectivity index (χ0) is 26.4. The minimum atomic E-state index is -0.448. The van der Waals surface area contributed by atoms with Crippen molar-refractivity contribution in [3.8, 4) is 11.5 Å². The molecule has 0 atom stereocenters. The van der Waals surface area contributed by atoms with Crippen molar-refractivity contribution in [2.45, 2.75) is 20.1 Å². The summed E-state index contributed by atoms with van der Waals surface area (Å²) in [4.78, 5) is 12.5. The number of nitrogens with zero attached hydrogens (tertiary/aromatic N) is 2. The van der Waals surface area contributed by atoms with Crippen molar-refractivity contribution in [1.82, 2.24) is 9.78 Å². The molecule has 4 rings (SSSR count). The third kappa shape index (κ3) is 6.90. The van der Waals surface area contributed by atoms with Crippen molar-refractivity contribution >= 4 is 41.0 Å². The van der Waals surface area contributed by atoms with E-state index in [1.807, 2.05) is 49.4 Å². The standard InChI is InChI=1S/C28H24Cl2FN3O3/c1-18-6-10-21(11-7-18)37-17-20-14-19(8-12-26(20)36-2)9-13-27(35)32-28-24(30)16-34(33-28)15-22-23(29)4-3-5-25(22)31/h3-14,16H,15,17H2,1-2H3,(H,32,33,35)/b13-9+. The number of carbonyl (C=O) groups is 1. The molecular weight excluding hydrogens is 516 g/mol. The number of benzene rings is 3. The fourth-order valence-corrected chi connectivity index (χ4v) is 3.97. The molecule has 0 radical (unpaired) electrons. The second kappa shape index (κ2) is 12.0. The molecule has 190 valence electrons. The summed E-state index contributed by atoms with van der Waals surface area (Å²) in [6.07, 6.45) is 4.52. The van der Waals surface area contributed by atoms with Gasteiger partial charge in [0.05, 0.1) is 13.7 Å². The molecule has 9 heteroatoms. The predicted octanol–water partition coefficient (Wildman–Crippen LogP) is 6.93. The molecule has 3 aromatic carbocycles. The van der Waals surface area contributed by atoms with Crippen molar-refractivity contribution in [2.24, 2.45) is 0 Å². The van der Waals surface area contributed by atoms with Gasteiger partial charge in [-0.3, -0.25) is 9.48 Å². The number of hydrogen-bond donors (Lipinski definition) is 1. The molecule has 1 amide bonds. The lowest BCUT2D eigenvalue weighted by molar-refractivity contribution is -0.111. The van der Waals surface area contributed by atoms with Crippen LogP contribution in [0, 0.1) is 12.7 Å². The number of anilines is 1. The Labute approximate surface area is 224 Å². The maximum absolute atomic E-state index is 14.1. The smallest absolute Gasteiger partial charge is 0.249 e. The van der Waals surface area contributed by atoms with E-state index in [0.29, 0.717) is 12.4 Å². The molecule has 0 aliphatic carbocycles. The quantitative estimate of drug-likeness (QED) is 0.234. The molecule has 0 fully saturated rings. The highest BCUT2D eigenvalue weighted by Crippen LogP contribution is 2.25. The summed E-state index contributed by atoms with van der Waals surface area (Å²) in [6, 6.07) is 17.8. The van der Waals surface area contributed by atoms with Gasteiger partial charge in [-0.25, -0.2) is 4.39 Å². The third-order valence-electron chi connectivity index (χ3n) is 5.49. The Morgan fingerprint density at radius 3 is 2.62 bits per heavy atom. The molecule has 0 aliphatic heterocycles. The molecule has 0 saturated heterocycles. The monoisotopic (exact) mass is 539 g/mol. The van der Waals surface area contributed by atoms with Crippen LogP contribution in [0.5, 0.6) is 11.5 Å². The van der Waals surface area contributed by atoms with Crippen LogP contribution < -0.4 is 14.8 Å². The van der Waals surface area contributed by atoms with Gasteiger partial charge in [-0.05, 0) is 55.0 Å². The Bertz CT molecular complexity index is 1420. The fourth-order valence-electron chi connectivity index (χ4n) is 3.55. The van der Waals surface area contributed by atoms with Crippen LogP contribution in [0.15, 0.2) is 72.9 Å². The summed E-state index contributed by atoms with van der Waals surface area (Å²) in [7, 11) is 1.59. The first-order chi connectivity index (χ1) is 17.8. The van der Waals surface area contributed by atoms with E-state index in [2.05, 4.69) is 10.4 Å². The summed E-state index contributed by atoms with van der Waals surface area (Å²) >= 11 is 12.3. The van der Waals surface area contributed by atoms with Crippen LogP contribution in [0.2, 0.25) is 10.0 Å². The molecule has 37 heavy (non-hydrogen) atoms. The SMILES string of the molecule is COc1ccc(/C=C/C(=O)Nc2nn(Cc3c(F)cccc3Cl)cc2Cl)cc1COc1ccc(C)cc1. The highest BCUT2D eigenvalue weighted by molar-refractivity contribution is 6.33. The molecule has 0 unspecified atom stereocenters. The average molecular weight is 540 g/mol. The summed E-state index contributed by atoms with van der Waals surface area (Å²) < 4.78 is 26.8. The van der Waals surface area contributed by atoms with Gasteiger partial charge < -0.3 is 14.8 Å². The van der Waals surface area contributed by atoms with Crippen molar-refractivity contribution in [2.75, 3.05) is 12.4 Å². The molecule has 1 heterocycles. The normalized spacial score (nSPS) is 11.1. The molecular formula is C28H24Cl2FN3O3. The molecule has 1 aromatic heterocycles. The number of methoxy groups -OCH3 is 1. The number of halogens is 3. The van der Waals surface area contributed by atoms with Gasteiger partial charge in [0.15, 0.2) is 5.82 Å². The molecule has 4 aromatic rings. The first kappa shape index (κ1) is 26.3. The lowest BCUT2D eigenvalue weighted by atomic mass is 10.1. The Kier molecular flexibility index (Phi) is 8.48. The van der Waals surface area contributed by atoms with Crippen LogP contribution in [0.1, 0.15) is 22.3 Å². The lowest BCUT2D eigenvalue weighted by Gasteiger charge is -2.11. The number of aromatic nitrogens is 2. The Hall–Kier alpha value is -3.81. The van der Waals surface area contributed by atoms with E-state index in [0.717, 1.165) is 22.4 Å². The highest BCUT2D eigenvalue weighted by Gasteiger charge is 2.13. The number of aryl methyl sites for hydroxylation is 1. The maximum atomic E-state index is 14.1. The van der Waals surface area contributed by atoms with Crippen LogP contribution in [0.25, 0.3) is 6.08 Å². The van der Waals surface area contributed by atoms with E-state index in [1.54, 1.807) is 19.3 Å². The van der Waals surface area contributed by atoms with Crippen molar-refractivity contribution < 1.29 is 18.7 Å². The van der Waals surface area contributed by atoms with Crippen LogP contribution in [0.3, 0.4) is 0 Å². The predicted molar refractivity (Wildman–Crippen MR) is 144 cm³/mol. The molecule has 0 bridgehead atoms. The van der Waals surface area contributed by atoms with E-state index in [9.17, 15) is 9.18 Å². The largest absolute Gasteiger partial charge is 0.496 e. The number of nitrogens with one attached hydrogen (secondary N) is 1. The van der Waals surface area contributed by atoms with Crippen LogP contribution in [-0.2, 0) is 17.9 Å². The van der Waals surface area contributed by atoms with Gasteiger partial charge in [0.25, 0.3) is 0 Å². The van der Waals surface area contributed by atoms with Gasteiger partial charge in [-0.15, -0.1) is 0 Å². The Balaban J connectivity index is 1.41. The van der Waals surface area contributed by atoms with Crippen LogP contribution in [0.4, 0.5) is 10.2 Å². The summed E-state index contributed by atoms with van der Waals surface area (Å²) in [6.45, 7) is 2.38. The van der Waals surface area contributed by atoms with E-state index in [4.69, 9.17) is 32.7 Å². The Morgan fingerprint density at radius 1 is 1.11 bits per heavy atom. The zero-order valence-electron chi connectivity index (χ0n) is 20.2. The number of ether oxygens (including phenoxy) is 2. The first-order valence-corrected chi connectivity index (χ1v) is 12.1. The van der Waals surface area contributed by atoms with Crippen molar-refractivity contribution in [3.05, 3.63) is 111 Å². The minimum Gasteiger partial charge on any atom is -0.496 e. The highest BCUT2D eigenvalue weighted by atomic mass is 35.5. The second-order valence-electron chi connectivity index (χ2n) is 8.22. The van der Waals surface area contributed by atoms with Gasteiger partial charge in [-0.2, -0.15) is 5.10 Å². The van der Waals surface area contributed by atoms with Crippen LogP contribution >= 0.6 is 23.2 Å². The lowest BCUT2D eigenvalue weighted by Crippen LogP contribution is -2.10. The van der Waals surface area contributed by atoms with Crippen molar-refractivity contribution in [1.29, 1.82) is 0 Å². The average Bonchev–Trinajstić information content (AvgIpc) is 3.23. The van der Waals surface area contributed by atoms with E-state index < -0.39 is 11.7 Å². The molecule has 6 nitrogen and oxygen atoms in total. The fraction of sp³-hybridized carbons (Fsp3) is 0.143. The van der Waals surface area contributed by atoms with Gasteiger partial charge in [0, 0.05) is 28.4 Å². The zero-order valence-corrected chi connectivity index (χ0v) is 21.7. The molecule has 0 aliphatic rings. The topological polar surface area (TPSA) is 65.4 Å². The van der Waals surface area contributed by atoms with Gasteiger partial charge >= 0.3 is 0 Å². The second-order valence-corrected chi connectivity index (χ2v) is 9.03. The third-order valence-corrected chi connectivity index (χ3v) is 6.12. The number of amides is 1. The maximum Gasteiger partial charge on any atom is 0.249 e. The van der Waals surface area contributed by atoms with E-state index >= 15 is 0 Å².